The maximum atomic E-state index is 11.8. The van der Waals surface area contributed by atoms with Gasteiger partial charge in [-0.3, -0.25) is 4.79 Å². The molecule has 0 saturated heterocycles. The van der Waals surface area contributed by atoms with Crippen LogP contribution in [0.3, 0.4) is 0 Å². The Kier molecular flexibility index (Phi) is 6.53. The number of nitrogens with two attached hydrogens (primary N) is 1. The molecule has 0 spiro atoms. The lowest BCUT2D eigenvalue weighted by atomic mass is 9.84. The Bertz CT molecular complexity index is 435. The number of hydrogen-bond donors (Lipinski definition) is 2. The first-order valence-electron chi connectivity index (χ1n) is 7.51. The van der Waals surface area contributed by atoms with E-state index >= 15 is 0 Å². The zero-order chi connectivity index (χ0) is 15.9. The molecule has 0 aromatic heterocycles. The molecule has 1 rings (SSSR count). The quantitative estimate of drug-likeness (QED) is 0.599. The van der Waals surface area contributed by atoms with Gasteiger partial charge in [0.05, 0.1) is 6.54 Å². The fourth-order valence-corrected chi connectivity index (χ4v) is 2.43. The van der Waals surface area contributed by atoms with E-state index in [0.29, 0.717) is 31.2 Å². The van der Waals surface area contributed by atoms with Crippen molar-refractivity contribution in [3.63, 3.8) is 0 Å². The number of rotatable bonds is 7. The molecule has 1 atom stereocenters. The molecule has 0 fully saturated rings. The van der Waals surface area contributed by atoms with Gasteiger partial charge >= 0.3 is 0 Å². The van der Waals surface area contributed by atoms with Crippen molar-refractivity contribution in [2.45, 2.75) is 40.5 Å². The monoisotopic (exact) mass is 292 g/mol. The molecular formula is C17H28N2O2. The van der Waals surface area contributed by atoms with Crippen molar-refractivity contribution in [3.8, 4) is 5.75 Å². The molecule has 1 aromatic rings. The van der Waals surface area contributed by atoms with Crippen LogP contribution in [0.4, 0.5) is 5.69 Å². The van der Waals surface area contributed by atoms with Gasteiger partial charge in [0.15, 0.2) is 0 Å². The second-order valence-corrected chi connectivity index (χ2v) is 6.84. The molecule has 0 heterocycles. The summed E-state index contributed by atoms with van der Waals surface area (Å²) < 4.78 is 5.53. The van der Waals surface area contributed by atoms with E-state index in [0.717, 1.165) is 12.2 Å². The van der Waals surface area contributed by atoms with Gasteiger partial charge in [0, 0.05) is 12.1 Å². The summed E-state index contributed by atoms with van der Waals surface area (Å²) in [6.07, 6.45) is 1.61. The summed E-state index contributed by atoms with van der Waals surface area (Å²) in [4.78, 5) is 11.8. The van der Waals surface area contributed by atoms with Crippen molar-refractivity contribution in [2.75, 3.05) is 18.9 Å². The van der Waals surface area contributed by atoms with Crippen molar-refractivity contribution in [1.29, 1.82) is 0 Å². The maximum Gasteiger partial charge on any atom is 0.220 e. The zero-order valence-corrected chi connectivity index (χ0v) is 13.6. The number of hydrogen-bond acceptors (Lipinski definition) is 3. The van der Waals surface area contributed by atoms with Crippen molar-refractivity contribution >= 4 is 11.6 Å². The van der Waals surface area contributed by atoms with E-state index in [1.54, 1.807) is 12.1 Å². The first-order valence-corrected chi connectivity index (χ1v) is 7.51. The van der Waals surface area contributed by atoms with Gasteiger partial charge in [-0.1, -0.05) is 27.7 Å². The molecule has 4 heteroatoms. The summed E-state index contributed by atoms with van der Waals surface area (Å²) >= 11 is 0. The first-order chi connectivity index (χ1) is 9.76. The molecular weight excluding hydrogens is 264 g/mol. The molecule has 0 bridgehead atoms. The van der Waals surface area contributed by atoms with Gasteiger partial charge in [0.25, 0.3) is 0 Å². The van der Waals surface area contributed by atoms with Crippen molar-refractivity contribution < 1.29 is 9.53 Å². The molecule has 0 radical (unpaired) electrons. The fourth-order valence-electron chi connectivity index (χ4n) is 2.43. The third-order valence-electron chi connectivity index (χ3n) is 3.07. The molecule has 0 aliphatic heterocycles. The van der Waals surface area contributed by atoms with E-state index in [9.17, 15) is 4.79 Å². The molecule has 3 N–H and O–H groups in total. The Morgan fingerprint density at radius 1 is 1.29 bits per heavy atom. The summed E-state index contributed by atoms with van der Waals surface area (Å²) in [6.45, 7) is 9.69. The molecule has 0 aliphatic rings. The number of benzene rings is 1. The minimum Gasteiger partial charge on any atom is -0.492 e. The average molecular weight is 292 g/mol. The van der Waals surface area contributed by atoms with Crippen LogP contribution in [-0.2, 0) is 4.79 Å². The Labute approximate surface area is 128 Å². The van der Waals surface area contributed by atoms with E-state index in [1.165, 1.54) is 0 Å². The van der Waals surface area contributed by atoms with Gasteiger partial charge in [-0.15, -0.1) is 0 Å². The van der Waals surface area contributed by atoms with Crippen LogP contribution in [0.15, 0.2) is 24.3 Å². The number of carbonyl (C=O) groups excluding carboxylic acids is 1. The highest BCUT2D eigenvalue weighted by Crippen LogP contribution is 2.25. The second-order valence-electron chi connectivity index (χ2n) is 6.84. The van der Waals surface area contributed by atoms with Crippen LogP contribution < -0.4 is 15.8 Å². The van der Waals surface area contributed by atoms with E-state index in [-0.39, 0.29) is 11.3 Å². The zero-order valence-electron chi connectivity index (χ0n) is 13.6. The van der Waals surface area contributed by atoms with E-state index < -0.39 is 0 Å². The lowest BCUT2D eigenvalue weighted by molar-refractivity contribution is -0.122. The summed E-state index contributed by atoms with van der Waals surface area (Å²) in [5.74, 6) is 1.25. The van der Waals surface area contributed by atoms with Crippen LogP contribution >= 0.6 is 0 Å². The fraction of sp³-hybridized carbons (Fsp3) is 0.588. The van der Waals surface area contributed by atoms with Gasteiger partial charge in [-0.25, -0.2) is 0 Å². The van der Waals surface area contributed by atoms with Crippen LogP contribution in [-0.4, -0.2) is 19.1 Å². The minimum atomic E-state index is 0.0904. The highest BCUT2D eigenvalue weighted by atomic mass is 16.5. The summed E-state index contributed by atoms with van der Waals surface area (Å²) in [5.41, 5.74) is 6.57. The van der Waals surface area contributed by atoms with Gasteiger partial charge in [0.1, 0.15) is 12.4 Å². The summed E-state index contributed by atoms with van der Waals surface area (Å²) in [5, 5.41) is 2.89. The maximum absolute atomic E-state index is 11.8. The lowest BCUT2D eigenvalue weighted by Gasteiger charge is -2.22. The lowest BCUT2D eigenvalue weighted by Crippen LogP contribution is -2.29. The van der Waals surface area contributed by atoms with Gasteiger partial charge < -0.3 is 15.8 Å². The number of nitrogens with one attached hydrogen (secondary N) is 1. The number of carbonyl (C=O) groups is 1. The smallest absolute Gasteiger partial charge is 0.220 e. The van der Waals surface area contributed by atoms with Crippen molar-refractivity contribution in [1.82, 2.24) is 5.32 Å². The SMILES string of the molecule is CC(CC(=O)NCCOc1ccc(N)cc1)CC(C)(C)C. The topological polar surface area (TPSA) is 64.3 Å². The van der Waals surface area contributed by atoms with E-state index in [2.05, 4.69) is 33.0 Å². The van der Waals surface area contributed by atoms with Crippen LogP contribution in [0, 0.1) is 11.3 Å². The van der Waals surface area contributed by atoms with Crippen molar-refractivity contribution in [3.05, 3.63) is 24.3 Å². The van der Waals surface area contributed by atoms with E-state index in [1.807, 2.05) is 12.1 Å². The molecule has 0 saturated carbocycles. The third kappa shape index (κ3) is 8.23. The number of ether oxygens (including phenoxy) is 1. The van der Waals surface area contributed by atoms with Gasteiger partial charge in [-0.05, 0) is 42.0 Å². The number of anilines is 1. The Balaban J connectivity index is 2.17. The predicted molar refractivity (Wildman–Crippen MR) is 87.2 cm³/mol. The predicted octanol–water partition coefficient (Wildman–Crippen LogP) is 3.23. The largest absolute Gasteiger partial charge is 0.492 e. The normalized spacial score (nSPS) is 12.8. The molecule has 4 nitrogen and oxygen atoms in total. The molecule has 1 aromatic carbocycles. The Morgan fingerprint density at radius 2 is 1.90 bits per heavy atom. The minimum absolute atomic E-state index is 0.0904. The Morgan fingerprint density at radius 3 is 2.48 bits per heavy atom. The van der Waals surface area contributed by atoms with Crippen LogP contribution in [0.5, 0.6) is 5.75 Å². The summed E-state index contributed by atoms with van der Waals surface area (Å²) in [7, 11) is 0. The number of amides is 1. The highest BCUT2D eigenvalue weighted by molar-refractivity contribution is 5.76. The van der Waals surface area contributed by atoms with Crippen molar-refractivity contribution in [2.24, 2.45) is 11.3 Å². The first kappa shape index (κ1) is 17.3. The molecule has 1 unspecified atom stereocenters. The molecule has 0 aliphatic carbocycles. The van der Waals surface area contributed by atoms with Crippen LogP contribution in [0.2, 0.25) is 0 Å². The molecule has 1 amide bonds. The Hall–Kier alpha value is -1.71. The molecule has 118 valence electrons. The number of nitrogen functional groups attached to an aromatic ring is 1. The van der Waals surface area contributed by atoms with Crippen LogP contribution in [0.25, 0.3) is 0 Å². The van der Waals surface area contributed by atoms with Crippen LogP contribution in [0.1, 0.15) is 40.5 Å². The third-order valence-corrected chi connectivity index (χ3v) is 3.07. The average Bonchev–Trinajstić information content (AvgIpc) is 2.34. The summed E-state index contributed by atoms with van der Waals surface area (Å²) in [6, 6.07) is 7.23. The van der Waals surface area contributed by atoms with E-state index in [4.69, 9.17) is 10.5 Å². The molecule has 21 heavy (non-hydrogen) atoms. The second kappa shape index (κ2) is 7.91. The highest BCUT2D eigenvalue weighted by Gasteiger charge is 2.17. The van der Waals surface area contributed by atoms with Gasteiger partial charge in [-0.2, -0.15) is 0 Å². The standard InChI is InChI=1S/C17H28N2O2/c1-13(12-17(2,3)4)11-16(20)19-9-10-21-15-7-5-14(18)6-8-15/h5-8,13H,9-12,18H2,1-4H3,(H,19,20). The van der Waals surface area contributed by atoms with Gasteiger partial charge in [0.2, 0.25) is 5.91 Å².